The molecule has 2 aromatic carbocycles. The number of dihydropyridines is 1. The molecular weight excluding hydrogens is 446 g/mol. The van der Waals surface area contributed by atoms with Gasteiger partial charge in [0.25, 0.3) is 0 Å². The molecule has 0 amide bonds. The quantitative estimate of drug-likeness (QED) is 0.480. The van der Waals surface area contributed by atoms with Crippen LogP contribution in [-0.2, 0) is 23.9 Å². The van der Waals surface area contributed by atoms with Crippen LogP contribution in [0, 0.1) is 11.8 Å². The number of ether oxygens (including phenoxy) is 3. The van der Waals surface area contributed by atoms with Crippen LogP contribution in [-0.4, -0.2) is 31.4 Å². The van der Waals surface area contributed by atoms with Gasteiger partial charge in [0, 0.05) is 22.9 Å². The topological polar surface area (TPSA) is 90.9 Å². The Morgan fingerprint density at radius 1 is 1.06 bits per heavy atom. The number of carbonyl (C=O) groups excluding carboxylic acids is 3. The van der Waals surface area contributed by atoms with Crippen molar-refractivity contribution in [2.24, 2.45) is 11.8 Å². The van der Waals surface area contributed by atoms with Gasteiger partial charge in [-0.3, -0.25) is 9.59 Å². The summed E-state index contributed by atoms with van der Waals surface area (Å²) >= 11 is 0. The van der Waals surface area contributed by atoms with E-state index in [2.05, 4.69) is 5.32 Å². The molecule has 0 bridgehead atoms. The fraction of sp³-hybridized carbons (Fsp3) is 0.321. The van der Waals surface area contributed by atoms with Gasteiger partial charge in [-0.2, -0.15) is 0 Å². The summed E-state index contributed by atoms with van der Waals surface area (Å²) in [5, 5.41) is 3.25. The lowest BCUT2D eigenvalue weighted by molar-refractivity contribution is -0.151. The molecule has 0 unspecified atom stereocenters. The minimum atomic E-state index is -0.936. The van der Waals surface area contributed by atoms with Gasteiger partial charge in [-0.15, -0.1) is 0 Å². The monoisotopic (exact) mass is 475 g/mol. The largest absolute Gasteiger partial charge is 0.468 e. The number of hydrogen-bond donors (Lipinski definition) is 1. The first-order chi connectivity index (χ1) is 16.8. The number of carbonyl (C=O) groups is 3. The summed E-state index contributed by atoms with van der Waals surface area (Å²) in [6.07, 6.45) is 0.477. The summed E-state index contributed by atoms with van der Waals surface area (Å²) in [5.41, 5.74) is 2.77. The second kappa shape index (κ2) is 10.2. The van der Waals surface area contributed by atoms with Crippen molar-refractivity contribution in [1.82, 2.24) is 5.32 Å². The second-order valence-corrected chi connectivity index (χ2v) is 8.74. The average molecular weight is 476 g/mol. The van der Waals surface area contributed by atoms with Crippen LogP contribution in [0.5, 0.6) is 11.5 Å². The fourth-order valence-electron chi connectivity index (χ4n) is 4.88. The molecule has 182 valence electrons. The van der Waals surface area contributed by atoms with Gasteiger partial charge < -0.3 is 19.5 Å². The van der Waals surface area contributed by atoms with Gasteiger partial charge in [-0.05, 0) is 56.0 Å². The Bertz CT molecular complexity index is 1210. The van der Waals surface area contributed by atoms with E-state index in [4.69, 9.17) is 14.2 Å². The number of Topliss-reactive ketones (excluding diaryl/α,β-unsaturated/α-hetero) is 1. The van der Waals surface area contributed by atoms with Crippen molar-refractivity contribution in [2.75, 3.05) is 13.7 Å². The molecule has 2 aliphatic rings. The van der Waals surface area contributed by atoms with E-state index in [1.807, 2.05) is 61.5 Å². The molecule has 0 saturated heterocycles. The molecule has 0 spiro atoms. The van der Waals surface area contributed by atoms with Gasteiger partial charge in [0.15, 0.2) is 5.78 Å². The maximum Gasteiger partial charge on any atom is 0.336 e. The van der Waals surface area contributed by atoms with E-state index < -0.39 is 23.8 Å². The van der Waals surface area contributed by atoms with E-state index in [1.54, 1.807) is 13.8 Å². The molecule has 35 heavy (non-hydrogen) atoms. The minimum Gasteiger partial charge on any atom is -0.468 e. The molecule has 1 aliphatic carbocycles. The third-order valence-corrected chi connectivity index (χ3v) is 6.41. The van der Waals surface area contributed by atoms with E-state index in [-0.39, 0.29) is 18.3 Å². The molecule has 1 heterocycles. The predicted octanol–water partition coefficient (Wildman–Crippen LogP) is 4.66. The molecule has 0 radical (unpaired) electrons. The standard InChI is InChI=1S/C28H29NO6/c1-5-34-28(32)23-17(3)29-21-14-16(2)22(27(31)33-4)26(30)25(21)24(23)18-10-9-13-20(15-18)35-19-11-7-6-8-12-19/h6-13,15-16,22,24,29H,5,14H2,1-4H3/t16-,22-,24+/m0/s1. The van der Waals surface area contributed by atoms with Crippen molar-refractivity contribution in [3.05, 3.63) is 82.7 Å². The highest BCUT2D eigenvalue weighted by Crippen LogP contribution is 2.46. The smallest absolute Gasteiger partial charge is 0.336 e. The summed E-state index contributed by atoms with van der Waals surface area (Å²) in [6.45, 7) is 5.59. The molecule has 2 aromatic rings. The molecule has 7 nitrogen and oxygen atoms in total. The molecule has 0 fully saturated rings. The number of para-hydroxylation sites is 1. The SMILES string of the molecule is CCOC(=O)C1=C(C)NC2=C(C(=O)[C@@H](C(=O)OC)[C@@H](C)C2)[C@@H]1c1cccc(Oc2ccccc2)c1. The number of esters is 2. The molecule has 1 N–H and O–H groups in total. The number of ketones is 1. The van der Waals surface area contributed by atoms with Crippen LogP contribution in [0.1, 0.15) is 38.7 Å². The Morgan fingerprint density at radius 3 is 2.46 bits per heavy atom. The van der Waals surface area contributed by atoms with Crippen LogP contribution in [0.25, 0.3) is 0 Å². The minimum absolute atomic E-state index is 0.196. The molecular formula is C28H29NO6. The molecule has 0 aromatic heterocycles. The van der Waals surface area contributed by atoms with Crippen molar-refractivity contribution in [1.29, 1.82) is 0 Å². The number of benzene rings is 2. The fourth-order valence-corrected chi connectivity index (χ4v) is 4.88. The molecule has 3 atom stereocenters. The average Bonchev–Trinajstić information content (AvgIpc) is 2.84. The number of methoxy groups -OCH3 is 1. The van der Waals surface area contributed by atoms with E-state index in [0.717, 1.165) is 0 Å². The highest BCUT2D eigenvalue weighted by Gasteiger charge is 2.47. The molecule has 0 saturated carbocycles. The van der Waals surface area contributed by atoms with Crippen LogP contribution >= 0.6 is 0 Å². The van der Waals surface area contributed by atoms with Gasteiger partial charge in [0.1, 0.15) is 17.4 Å². The van der Waals surface area contributed by atoms with Crippen LogP contribution < -0.4 is 10.1 Å². The van der Waals surface area contributed by atoms with Gasteiger partial charge >= 0.3 is 11.9 Å². The molecule has 7 heteroatoms. The Balaban J connectivity index is 1.83. The number of allylic oxidation sites excluding steroid dienone is 3. The Kier molecular flexibility index (Phi) is 7.05. The zero-order valence-corrected chi connectivity index (χ0v) is 20.3. The van der Waals surface area contributed by atoms with Crippen molar-refractivity contribution in [3.63, 3.8) is 0 Å². The maximum atomic E-state index is 13.8. The third-order valence-electron chi connectivity index (χ3n) is 6.41. The predicted molar refractivity (Wildman–Crippen MR) is 129 cm³/mol. The van der Waals surface area contributed by atoms with Gasteiger partial charge in [-0.1, -0.05) is 37.3 Å². The van der Waals surface area contributed by atoms with E-state index >= 15 is 0 Å². The summed E-state index contributed by atoms with van der Waals surface area (Å²) in [4.78, 5) is 39.4. The van der Waals surface area contributed by atoms with Crippen molar-refractivity contribution >= 4 is 17.7 Å². The number of hydrogen-bond acceptors (Lipinski definition) is 7. The summed E-state index contributed by atoms with van der Waals surface area (Å²) in [7, 11) is 1.28. The third kappa shape index (κ3) is 4.71. The normalized spacial score (nSPS) is 21.7. The van der Waals surface area contributed by atoms with Crippen LogP contribution in [0.15, 0.2) is 77.1 Å². The first kappa shape index (κ1) is 24.3. The Labute approximate surface area is 204 Å². The number of nitrogens with one attached hydrogen (secondary N) is 1. The van der Waals surface area contributed by atoms with Crippen molar-refractivity contribution in [3.8, 4) is 11.5 Å². The highest BCUT2D eigenvalue weighted by atomic mass is 16.5. The first-order valence-corrected chi connectivity index (χ1v) is 11.7. The zero-order valence-electron chi connectivity index (χ0n) is 20.3. The Morgan fingerprint density at radius 2 is 1.77 bits per heavy atom. The van der Waals surface area contributed by atoms with Gasteiger partial charge in [0.2, 0.25) is 0 Å². The van der Waals surface area contributed by atoms with Crippen molar-refractivity contribution in [2.45, 2.75) is 33.1 Å². The Hall–Kier alpha value is -3.87. The lowest BCUT2D eigenvalue weighted by Crippen LogP contribution is -2.43. The molecule has 1 aliphatic heterocycles. The summed E-state index contributed by atoms with van der Waals surface area (Å²) in [5.74, 6) is -2.08. The number of rotatable bonds is 6. The van der Waals surface area contributed by atoms with Gasteiger partial charge in [-0.25, -0.2) is 4.79 Å². The zero-order chi connectivity index (χ0) is 25.1. The lowest BCUT2D eigenvalue weighted by atomic mass is 9.69. The van der Waals surface area contributed by atoms with E-state index in [1.165, 1.54) is 7.11 Å². The van der Waals surface area contributed by atoms with Crippen LogP contribution in [0.2, 0.25) is 0 Å². The van der Waals surface area contributed by atoms with E-state index in [9.17, 15) is 14.4 Å². The van der Waals surface area contributed by atoms with Gasteiger partial charge in [0.05, 0.1) is 19.3 Å². The highest BCUT2D eigenvalue weighted by molar-refractivity contribution is 6.12. The first-order valence-electron chi connectivity index (χ1n) is 11.7. The van der Waals surface area contributed by atoms with E-state index in [0.29, 0.717) is 46.0 Å². The maximum absolute atomic E-state index is 13.8. The molecule has 4 rings (SSSR count). The van der Waals surface area contributed by atoms with Crippen molar-refractivity contribution < 1.29 is 28.6 Å². The van der Waals surface area contributed by atoms with Crippen LogP contribution in [0.3, 0.4) is 0 Å². The summed E-state index contributed by atoms with van der Waals surface area (Å²) < 4.78 is 16.3. The lowest BCUT2D eigenvalue weighted by Gasteiger charge is -2.38. The second-order valence-electron chi connectivity index (χ2n) is 8.74. The summed E-state index contributed by atoms with van der Waals surface area (Å²) in [6, 6.07) is 16.7. The van der Waals surface area contributed by atoms with Crippen LogP contribution in [0.4, 0.5) is 0 Å².